The summed E-state index contributed by atoms with van der Waals surface area (Å²) in [4.78, 5) is 2.79. The Kier molecular flexibility index (Phi) is 2.25. The van der Waals surface area contributed by atoms with E-state index in [9.17, 15) is 13.2 Å². The van der Waals surface area contributed by atoms with E-state index in [0.29, 0.717) is 0 Å². The van der Waals surface area contributed by atoms with Crippen molar-refractivity contribution in [2.45, 2.75) is 0 Å². The van der Waals surface area contributed by atoms with E-state index in [2.05, 4.69) is 4.98 Å². The second kappa shape index (κ2) is 2.87. The number of rotatable bonds is 0. The van der Waals surface area contributed by atoms with Crippen LogP contribution < -0.4 is 0 Å². The standard InChI is InChI=1S/C5Cl2F3N/c6-1-2(8)3(9)4(7)11-5(1)10. The van der Waals surface area contributed by atoms with Crippen LogP contribution in [0.15, 0.2) is 0 Å². The molecule has 1 rings (SSSR count). The summed E-state index contributed by atoms with van der Waals surface area (Å²) >= 11 is 9.91. The maximum Gasteiger partial charge on any atom is 0.236 e. The Balaban J connectivity index is 3.46. The van der Waals surface area contributed by atoms with Gasteiger partial charge in [-0.3, -0.25) is 0 Å². The fraction of sp³-hybridized carbons (Fsp3) is 0. The Labute approximate surface area is 69.8 Å². The fourth-order valence-corrected chi connectivity index (χ4v) is 0.744. The number of halogens is 5. The second-order valence-electron chi connectivity index (χ2n) is 1.64. The van der Waals surface area contributed by atoms with Gasteiger partial charge in [0.1, 0.15) is 5.02 Å². The minimum absolute atomic E-state index is 0.871. The molecule has 1 nitrogen and oxygen atoms in total. The predicted molar refractivity (Wildman–Crippen MR) is 34.1 cm³/mol. The molecule has 0 bridgehead atoms. The molecule has 0 aliphatic heterocycles. The van der Waals surface area contributed by atoms with Crippen LogP contribution in [0.1, 0.15) is 0 Å². The molecule has 60 valence electrons. The van der Waals surface area contributed by atoms with Crippen molar-refractivity contribution in [2.24, 2.45) is 0 Å². The normalized spacial score (nSPS) is 10.3. The zero-order valence-electron chi connectivity index (χ0n) is 4.84. The van der Waals surface area contributed by atoms with Crippen molar-refractivity contribution in [2.75, 3.05) is 0 Å². The minimum atomic E-state index is -1.52. The molecule has 0 saturated heterocycles. The molecule has 0 aliphatic rings. The summed E-state index contributed by atoms with van der Waals surface area (Å²) in [5.74, 6) is -4.29. The van der Waals surface area contributed by atoms with Crippen LogP contribution in [0.25, 0.3) is 0 Å². The Morgan fingerprint density at radius 3 is 2.09 bits per heavy atom. The monoisotopic (exact) mass is 201 g/mol. The van der Waals surface area contributed by atoms with Crippen molar-refractivity contribution in [3.8, 4) is 0 Å². The van der Waals surface area contributed by atoms with Crippen molar-refractivity contribution >= 4 is 23.2 Å². The Hall–Kier alpha value is -0.480. The van der Waals surface area contributed by atoms with Gasteiger partial charge in [0.2, 0.25) is 5.95 Å². The number of pyridine rings is 1. The summed E-state index contributed by atoms with van der Waals surface area (Å²) in [5, 5.41) is -1.86. The highest BCUT2D eigenvalue weighted by Crippen LogP contribution is 2.23. The van der Waals surface area contributed by atoms with E-state index in [4.69, 9.17) is 23.2 Å². The molecule has 1 heterocycles. The zero-order chi connectivity index (χ0) is 8.59. The minimum Gasteiger partial charge on any atom is -0.203 e. The van der Waals surface area contributed by atoms with Gasteiger partial charge in [-0.2, -0.15) is 4.39 Å². The van der Waals surface area contributed by atoms with Gasteiger partial charge in [-0.1, -0.05) is 23.2 Å². The third-order valence-corrected chi connectivity index (χ3v) is 1.52. The summed E-state index contributed by atoms with van der Waals surface area (Å²) < 4.78 is 37.0. The number of nitrogens with zero attached hydrogens (tertiary/aromatic N) is 1. The first-order valence-electron chi connectivity index (χ1n) is 2.39. The fourth-order valence-electron chi connectivity index (χ4n) is 0.462. The van der Waals surface area contributed by atoms with Crippen molar-refractivity contribution in [3.05, 3.63) is 27.8 Å². The average Bonchev–Trinajstić information content (AvgIpc) is 1.97. The zero-order valence-corrected chi connectivity index (χ0v) is 6.35. The molecular formula is C5Cl2F3N. The lowest BCUT2D eigenvalue weighted by Gasteiger charge is -1.97. The maximum absolute atomic E-state index is 12.4. The number of hydrogen-bond acceptors (Lipinski definition) is 1. The van der Waals surface area contributed by atoms with E-state index in [-0.39, 0.29) is 0 Å². The SMILES string of the molecule is Fc1nc(Cl)c(F)c(F)c1Cl. The molecule has 0 aromatic carbocycles. The summed E-state index contributed by atoms with van der Waals surface area (Å²) in [6.45, 7) is 0. The predicted octanol–water partition coefficient (Wildman–Crippen LogP) is 2.81. The molecule has 0 fully saturated rings. The molecular weight excluding hydrogens is 202 g/mol. The van der Waals surface area contributed by atoms with Crippen molar-refractivity contribution in [3.63, 3.8) is 0 Å². The van der Waals surface area contributed by atoms with Gasteiger partial charge in [0.05, 0.1) is 0 Å². The van der Waals surface area contributed by atoms with Crippen LogP contribution in [-0.2, 0) is 0 Å². The molecule has 0 aliphatic carbocycles. The first-order valence-corrected chi connectivity index (χ1v) is 3.15. The van der Waals surface area contributed by atoms with Crippen LogP contribution in [0.5, 0.6) is 0 Å². The molecule has 6 heteroatoms. The van der Waals surface area contributed by atoms with Gasteiger partial charge in [0.15, 0.2) is 16.8 Å². The van der Waals surface area contributed by atoms with Crippen LogP contribution in [0.2, 0.25) is 10.2 Å². The van der Waals surface area contributed by atoms with E-state index in [1.807, 2.05) is 0 Å². The summed E-state index contributed by atoms with van der Waals surface area (Å²) in [5.41, 5.74) is 0. The van der Waals surface area contributed by atoms with Crippen molar-refractivity contribution < 1.29 is 13.2 Å². The quantitative estimate of drug-likeness (QED) is 0.589. The molecule has 11 heavy (non-hydrogen) atoms. The van der Waals surface area contributed by atoms with Crippen LogP contribution in [-0.4, -0.2) is 4.98 Å². The lowest BCUT2D eigenvalue weighted by molar-refractivity contribution is 0.480. The topological polar surface area (TPSA) is 12.9 Å². The van der Waals surface area contributed by atoms with Crippen LogP contribution >= 0.6 is 23.2 Å². The van der Waals surface area contributed by atoms with Gasteiger partial charge in [-0.25, -0.2) is 13.8 Å². The molecule has 0 amide bonds. The van der Waals surface area contributed by atoms with Crippen molar-refractivity contribution in [1.29, 1.82) is 0 Å². The Morgan fingerprint density at radius 1 is 1.00 bits per heavy atom. The van der Waals surface area contributed by atoms with Crippen LogP contribution in [0, 0.1) is 17.6 Å². The van der Waals surface area contributed by atoms with E-state index in [0.717, 1.165) is 0 Å². The highest BCUT2D eigenvalue weighted by molar-refractivity contribution is 6.32. The van der Waals surface area contributed by atoms with Gasteiger partial charge >= 0.3 is 0 Å². The lowest BCUT2D eigenvalue weighted by Crippen LogP contribution is -1.95. The number of hydrogen-bond donors (Lipinski definition) is 0. The van der Waals surface area contributed by atoms with E-state index in [1.165, 1.54) is 0 Å². The molecule has 0 saturated carbocycles. The summed E-state index contributed by atoms with van der Waals surface area (Å²) in [7, 11) is 0. The lowest BCUT2D eigenvalue weighted by atomic mass is 10.4. The largest absolute Gasteiger partial charge is 0.236 e. The van der Waals surface area contributed by atoms with Crippen LogP contribution in [0.3, 0.4) is 0 Å². The third kappa shape index (κ3) is 1.41. The van der Waals surface area contributed by atoms with Gasteiger partial charge in [-0.15, -0.1) is 0 Å². The van der Waals surface area contributed by atoms with Gasteiger partial charge in [0, 0.05) is 0 Å². The average molecular weight is 202 g/mol. The number of aromatic nitrogens is 1. The van der Waals surface area contributed by atoms with E-state index in [1.54, 1.807) is 0 Å². The third-order valence-electron chi connectivity index (χ3n) is 0.944. The van der Waals surface area contributed by atoms with Crippen molar-refractivity contribution in [1.82, 2.24) is 4.98 Å². The first-order chi connectivity index (χ1) is 5.04. The molecule has 0 N–H and O–H groups in total. The van der Waals surface area contributed by atoms with Gasteiger partial charge < -0.3 is 0 Å². The molecule has 1 aromatic heterocycles. The molecule has 1 aromatic rings. The smallest absolute Gasteiger partial charge is 0.203 e. The van der Waals surface area contributed by atoms with E-state index >= 15 is 0 Å². The Morgan fingerprint density at radius 2 is 1.55 bits per heavy atom. The highest BCUT2D eigenvalue weighted by Gasteiger charge is 2.17. The molecule has 0 radical (unpaired) electrons. The molecule has 0 unspecified atom stereocenters. The highest BCUT2D eigenvalue weighted by atomic mass is 35.5. The van der Waals surface area contributed by atoms with Crippen LogP contribution in [0.4, 0.5) is 13.2 Å². The summed E-state index contributed by atoms with van der Waals surface area (Å²) in [6, 6.07) is 0. The molecule has 0 atom stereocenters. The Bertz CT molecular complexity index is 276. The van der Waals surface area contributed by atoms with Gasteiger partial charge in [0.25, 0.3) is 0 Å². The first kappa shape index (κ1) is 8.62. The summed E-state index contributed by atoms with van der Waals surface area (Å²) in [6.07, 6.45) is 0. The molecule has 0 spiro atoms. The maximum atomic E-state index is 12.4. The van der Waals surface area contributed by atoms with E-state index < -0.39 is 27.8 Å². The van der Waals surface area contributed by atoms with Gasteiger partial charge in [-0.05, 0) is 0 Å². The second-order valence-corrected chi connectivity index (χ2v) is 2.37.